The van der Waals surface area contributed by atoms with E-state index >= 15 is 0 Å². The van der Waals surface area contributed by atoms with Crippen LogP contribution in [0.15, 0.2) is 60.7 Å². The fraction of sp³-hybridized carbons (Fsp3) is 0.200. The van der Waals surface area contributed by atoms with Gasteiger partial charge in [-0.2, -0.15) is 0 Å². The summed E-state index contributed by atoms with van der Waals surface area (Å²) in [5, 5.41) is 2.75. The molecule has 1 amide bonds. The van der Waals surface area contributed by atoms with E-state index in [1.807, 2.05) is 44.2 Å². The van der Waals surface area contributed by atoms with Gasteiger partial charge in [0, 0.05) is 11.8 Å². The fourth-order valence-corrected chi connectivity index (χ4v) is 1.94. The number of benzene rings is 2. The molecular weight excluding hydrogens is 302 g/mol. The van der Waals surface area contributed by atoms with Crippen LogP contribution in [0.3, 0.4) is 0 Å². The van der Waals surface area contributed by atoms with Gasteiger partial charge in [-0.3, -0.25) is 4.79 Å². The van der Waals surface area contributed by atoms with Crippen LogP contribution in [0.5, 0.6) is 0 Å². The highest BCUT2D eigenvalue weighted by molar-refractivity contribution is 6.02. The number of carbonyl (C=O) groups excluding carboxylic acids is 2. The van der Waals surface area contributed by atoms with E-state index in [9.17, 15) is 9.59 Å². The number of hydrogen-bond acceptors (Lipinski definition) is 3. The summed E-state index contributed by atoms with van der Waals surface area (Å²) in [6, 6.07) is 16.2. The SMILES string of the molecule is CC(C)COC(=O)c1ccc(NC(=O)/C=C/c2ccccc2)cc1. The van der Waals surface area contributed by atoms with Gasteiger partial charge >= 0.3 is 5.97 Å². The van der Waals surface area contributed by atoms with E-state index in [-0.39, 0.29) is 11.9 Å². The molecule has 24 heavy (non-hydrogen) atoms. The minimum absolute atomic E-state index is 0.228. The zero-order chi connectivity index (χ0) is 17.4. The summed E-state index contributed by atoms with van der Waals surface area (Å²) in [6.07, 6.45) is 3.22. The first-order valence-corrected chi connectivity index (χ1v) is 7.86. The number of carbonyl (C=O) groups is 2. The quantitative estimate of drug-likeness (QED) is 0.642. The smallest absolute Gasteiger partial charge is 0.338 e. The monoisotopic (exact) mass is 323 g/mol. The van der Waals surface area contributed by atoms with Gasteiger partial charge in [0.05, 0.1) is 12.2 Å². The number of anilines is 1. The van der Waals surface area contributed by atoms with Crippen molar-refractivity contribution in [1.82, 2.24) is 0 Å². The molecular formula is C20H21NO3. The minimum Gasteiger partial charge on any atom is -0.462 e. The highest BCUT2D eigenvalue weighted by atomic mass is 16.5. The molecule has 2 aromatic rings. The lowest BCUT2D eigenvalue weighted by atomic mass is 10.2. The van der Waals surface area contributed by atoms with Crippen LogP contribution >= 0.6 is 0 Å². The normalized spacial score (nSPS) is 10.8. The Balaban J connectivity index is 1.90. The number of ether oxygens (including phenoxy) is 1. The van der Waals surface area contributed by atoms with Crippen molar-refractivity contribution in [2.75, 3.05) is 11.9 Å². The molecule has 0 aliphatic heterocycles. The topological polar surface area (TPSA) is 55.4 Å². The van der Waals surface area contributed by atoms with E-state index < -0.39 is 0 Å². The Labute approximate surface area is 142 Å². The molecule has 0 fully saturated rings. The molecule has 0 saturated carbocycles. The summed E-state index contributed by atoms with van der Waals surface area (Å²) in [5.74, 6) is -0.288. The van der Waals surface area contributed by atoms with Crippen molar-refractivity contribution < 1.29 is 14.3 Å². The van der Waals surface area contributed by atoms with Gasteiger partial charge in [0.1, 0.15) is 0 Å². The van der Waals surface area contributed by atoms with Crippen LogP contribution in [-0.4, -0.2) is 18.5 Å². The van der Waals surface area contributed by atoms with Gasteiger partial charge in [-0.25, -0.2) is 4.79 Å². The standard InChI is InChI=1S/C20H21NO3/c1-15(2)14-24-20(23)17-9-11-18(12-10-17)21-19(22)13-8-16-6-4-3-5-7-16/h3-13,15H,14H2,1-2H3,(H,21,22)/b13-8+. The summed E-state index contributed by atoms with van der Waals surface area (Å²) < 4.78 is 5.16. The average molecular weight is 323 g/mol. The van der Waals surface area contributed by atoms with Crippen LogP contribution in [0.4, 0.5) is 5.69 Å². The van der Waals surface area contributed by atoms with Gasteiger partial charge in [0.15, 0.2) is 0 Å². The Hall–Kier alpha value is -2.88. The molecule has 4 heteroatoms. The predicted molar refractivity (Wildman–Crippen MR) is 95.7 cm³/mol. The summed E-state index contributed by atoms with van der Waals surface area (Å²) in [4.78, 5) is 23.7. The van der Waals surface area contributed by atoms with E-state index in [1.54, 1.807) is 30.3 Å². The first-order chi connectivity index (χ1) is 11.5. The third-order valence-electron chi connectivity index (χ3n) is 3.16. The van der Waals surface area contributed by atoms with E-state index in [4.69, 9.17) is 4.74 Å². The first-order valence-electron chi connectivity index (χ1n) is 7.86. The van der Waals surface area contributed by atoms with Crippen LogP contribution in [0, 0.1) is 5.92 Å². The molecule has 2 rings (SSSR count). The molecule has 0 heterocycles. The van der Waals surface area contributed by atoms with Crippen molar-refractivity contribution in [1.29, 1.82) is 0 Å². The number of rotatable bonds is 6. The molecule has 0 aromatic heterocycles. The van der Waals surface area contributed by atoms with Gasteiger partial charge in [-0.15, -0.1) is 0 Å². The number of amides is 1. The maximum Gasteiger partial charge on any atom is 0.338 e. The summed E-state index contributed by atoms with van der Waals surface area (Å²) in [5.41, 5.74) is 2.04. The summed E-state index contributed by atoms with van der Waals surface area (Å²) >= 11 is 0. The molecule has 0 aliphatic rings. The Kier molecular flexibility index (Phi) is 6.32. The van der Waals surface area contributed by atoms with Crippen molar-refractivity contribution in [2.45, 2.75) is 13.8 Å². The van der Waals surface area contributed by atoms with Gasteiger partial charge < -0.3 is 10.1 Å². The van der Waals surface area contributed by atoms with Gasteiger partial charge in [0.25, 0.3) is 0 Å². The van der Waals surface area contributed by atoms with Crippen molar-refractivity contribution >= 4 is 23.6 Å². The zero-order valence-corrected chi connectivity index (χ0v) is 13.9. The van der Waals surface area contributed by atoms with E-state index in [0.29, 0.717) is 23.8 Å². The van der Waals surface area contributed by atoms with Crippen molar-refractivity contribution in [3.63, 3.8) is 0 Å². The lowest BCUT2D eigenvalue weighted by molar-refractivity contribution is -0.111. The molecule has 0 aliphatic carbocycles. The molecule has 1 N–H and O–H groups in total. The average Bonchev–Trinajstić information content (AvgIpc) is 2.59. The molecule has 124 valence electrons. The van der Waals surface area contributed by atoms with Crippen molar-refractivity contribution in [2.24, 2.45) is 5.92 Å². The third kappa shape index (κ3) is 5.72. The molecule has 0 unspecified atom stereocenters. The highest BCUT2D eigenvalue weighted by Crippen LogP contribution is 2.11. The maximum absolute atomic E-state index is 11.9. The third-order valence-corrected chi connectivity index (χ3v) is 3.16. The van der Waals surface area contributed by atoms with Crippen LogP contribution in [0.2, 0.25) is 0 Å². The molecule has 0 saturated heterocycles. The molecule has 0 spiro atoms. The molecule has 0 atom stereocenters. The molecule has 0 bridgehead atoms. The summed E-state index contributed by atoms with van der Waals surface area (Å²) in [7, 11) is 0. The largest absolute Gasteiger partial charge is 0.462 e. The number of hydrogen-bond donors (Lipinski definition) is 1. The van der Waals surface area contributed by atoms with Crippen LogP contribution in [-0.2, 0) is 9.53 Å². The van der Waals surface area contributed by atoms with Gasteiger partial charge in [-0.1, -0.05) is 44.2 Å². The van der Waals surface area contributed by atoms with Gasteiger partial charge in [0.2, 0.25) is 5.91 Å². The minimum atomic E-state index is -0.356. The summed E-state index contributed by atoms with van der Waals surface area (Å²) in [6.45, 7) is 4.35. The Morgan fingerprint density at radius 3 is 2.33 bits per heavy atom. The molecule has 4 nitrogen and oxygen atoms in total. The zero-order valence-electron chi connectivity index (χ0n) is 13.9. The fourth-order valence-electron chi connectivity index (χ4n) is 1.94. The van der Waals surface area contributed by atoms with Crippen LogP contribution < -0.4 is 5.32 Å². The van der Waals surface area contributed by atoms with E-state index in [2.05, 4.69) is 5.32 Å². The van der Waals surface area contributed by atoms with Gasteiger partial charge in [-0.05, 0) is 41.8 Å². The molecule has 2 aromatic carbocycles. The van der Waals surface area contributed by atoms with Crippen LogP contribution in [0.25, 0.3) is 6.08 Å². The lowest BCUT2D eigenvalue weighted by Crippen LogP contribution is -2.11. The maximum atomic E-state index is 11.9. The predicted octanol–water partition coefficient (Wildman–Crippen LogP) is 4.15. The number of esters is 1. The highest BCUT2D eigenvalue weighted by Gasteiger charge is 2.08. The lowest BCUT2D eigenvalue weighted by Gasteiger charge is -2.08. The van der Waals surface area contributed by atoms with Crippen molar-refractivity contribution in [3.05, 3.63) is 71.8 Å². The second kappa shape index (κ2) is 8.67. The Morgan fingerprint density at radius 2 is 1.71 bits per heavy atom. The first kappa shape index (κ1) is 17.5. The van der Waals surface area contributed by atoms with Crippen molar-refractivity contribution in [3.8, 4) is 0 Å². The Bertz CT molecular complexity index is 703. The molecule has 0 radical (unpaired) electrons. The second-order valence-corrected chi connectivity index (χ2v) is 5.80. The van der Waals surface area contributed by atoms with Crippen LogP contribution in [0.1, 0.15) is 29.8 Å². The number of nitrogens with one attached hydrogen (secondary N) is 1. The Morgan fingerprint density at radius 1 is 1.04 bits per heavy atom. The van der Waals surface area contributed by atoms with E-state index in [0.717, 1.165) is 5.56 Å². The van der Waals surface area contributed by atoms with E-state index in [1.165, 1.54) is 6.08 Å². The second-order valence-electron chi connectivity index (χ2n) is 5.80.